The molecule has 0 bridgehead atoms. The molecule has 1 amide bonds. The van der Waals surface area contributed by atoms with Crippen LogP contribution in [0.3, 0.4) is 0 Å². The van der Waals surface area contributed by atoms with Gasteiger partial charge in [0.2, 0.25) is 5.91 Å². The normalized spacial score (nSPS) is 29.1. The van der Waals surface area contributed by atoms with Crippen molar-refractivity contribution in [2.75, 3.05) is 13.1 Å². The van der Waals surface area contributed by atoms with Crippen molar-refractivity contribution >= 4 is 5.91 Å². The molecule has 1 saturated carbocycles. The number of hydrogen-bond acceptors (Lipinski definition) is 2. The first-order valence-corrected chi connectivity index (χ1v) is 7.20. The van der Waals surface area contributed by atoms with Gasteiger partial charge in [-0.3, -0.25) is 4.79 Å². The van der Waals surface area contributed by atoms with Gasteiger partial charge in [-0.1, -0.05) is 43.7 Å². The van der Waals surface area contributed by atoms with Crippen LogP contribution in [0.1, 0.15) is 37.7 Å². The van der Waals surface area contributed by atoms with Gasteiger partial charge < -0.3 is 10.6 Å². The van der Waals surface area contributed by atoms with Crippen molar-refractivity contribution in [3.8, 4) is 0 Å². The Morgan fingerprint density at radius 1 is 1.26 bits per heavy atom. The minimum Gasteiger partial charge on any atom is -0.340 e. The summed E-state index contributed by atoms with van der Waals surface area (Å²) in [5, 5.41) is 0. The van der Waals surface area contributed by atoms with Crippen LogP contribution in [0, 0.1) is 5.41 Å². The van der Waals surface area contributed by atoms with Crippen LogP contribution in [-0.4, -0.2) is 29.9 Å². The molecule has 1 aliphatic carbocycles. The molecular formula is C16H22N2O. The topological polar surface area (TPSA) is 46.3 Å². The lowest BCUT2D eigenvalue weighted by atomic mass is 9.69. The second-order valence-electron chi connectivity index (χ2n) is 6.31. The average molecular weight is 258 g/mol. The molecule has 1 aromatic rings. The van der Waals surface area contributed by atoms with Gasteiger partial charge in [-0.05, 0) is 18.4 Å². The Labute approximate surface area is 114 Å². The van der Waals surface area contributed by atoms with Crippen LogP contribution < -0.4 is 5.73 Å². The molecular weight excluding hydrogens is 236 g/mol. The third kappa shape index (κ3) is 2.16. The van der Waals surface area contributed by atoms with E-state index in [9.17, 15) is 4.79 Å². The molecule has 0 aromatic heterocycles. The SMILES string of the molecule is CC1(C(=O)N2C[C@@H](N)[C@H](c3ccccc3)C2)CCC1. The Bertz CT molecular complexity index is 467. The van der Waals surface area contributed by atoms with Crippen molar-refractivity contribution in [2.45, 2.75) is 38.1 Å². The van der Waals surface area contributed by atoms with E-state index in [4.69, 9.17) is 5.73 Å². The van der Waals surface area contributed by atoms with E-state index < -0.39 is 0 Å². The molecule has 3 rings (SSSR count). The highest BCUT2D eigenvalue weighted by atomic mass is 16.2. The second-order valence-corrected chi connectivity index (χ2v) is 6.31. The lowest BCUT2D eigenvalue weighted by Crippen LogP contribution is -2.45. The maximum Gasteiger partial charge on any atom is 0.228 e. The molecule has 2 aliphatic rings. The third-order valence-electron chi connectivity index (χ3n) is 4.85. The fourth-order valence-electron chi connectivity index (χ4n) is 3.35. The van der Waals surface area contributed by atoms with E-state index >= 15 is 0 Å². The van der Waals surface area contributed by atoms with Gasteiger partial charge in [-0.2, -0.15) is 0 Å². The summed E-state index contributed by atoms with van der Waals surface area (Å²) < 4.78 is 0. The van der Waals surface area contributed by atoms with Gasteiger partial charge in [0.15, 0.2) is 0 Å². The van der Waals surface area contributed by atoms with E-state index in [0.717, 1.165) is 19.4 Å². The van der Waals surface area contributed by atoms with Crippen LogP contribution >= 0.6 is 0 Å². The summed E-state index contributed by atoms with van der Waals surface area (Å²) in [4.78, 5) is 14.5. The van der Waals surface area contributed by atoms with Gasteiger partial charge >= 0.3 is 0 Å². The zero-order valence-electron chi connectivity index (χ0n) is 11.5. The molecule has 1 saturated heterocycles. The second kappa shape index (κ2) is 4.64. The standard InChI is InChI=1S/C16H22N2O/c1-16(8-5-9-16)15(19)18-10-13(14(17)11-18)12-6-3-2-4-7-12/h2-4,6-7,13-14H,5,8-11,17H2,1H3/t13-,14+/m0/s1. The summed E-state index contributed by atoms with van der Waals surface area (Å²) in [7, 11) is 0. The number of carbonyl (C=O) groups excluding carboxylic acids is 1. The Morgan fingerprint density at radius 2 is 1.95 bits per heavy atom. The van der Waals surface area contributed by atoms with Crippen molar-refractivity contribution < 1.29 is 4.79 Å². The predicted octanol–water partition coefficient (Wildman–Crippen LogP) is 2.13. The first-order valence-electron chi connectivity index (χ1n) is 7.20. The molecule has 0 radical (unpaired) electrons. The Kier molecular flexibility index (Phi) is 3.09. The Hall–Kier alpha value is -1.35. The molecule has 2 atom stereocenters. The van der Waals surface area contributed by atoms with Gasteiger partial charge in [0.1, 0.15) is 0 Å². The largest absolute Gasteiger partial charge is 0.340 e. The maximum absolute atomic E-state index is 12.5. The van der Waals surface area contributed by atoms with Crippen molar-refractivity contribution in [1.29, 1.82) is 0 Å². The van der Waals surface area contributed by atoms with Gasteiger partial charge in [0.05, 0.1) is 0 Å². The molecule has 19 heavy (non-hydrogen) atoms. The zero-order chi connectivity index (χ0) is 13.5. The predicted molar refractivity (Wildman–Crippen MR) is 75.7 cm³/mol. The zero-order valence-corrected chi connectivity index (χ0v) is 11.5. The monoisotopic (exact) mass is 258 g/mol. The lowest BCUT2D eigenvalue weighted by molar-refractivity contribution is -0.144. The fourth-order valence-corrected chi connectivity index (χ4v) is 3.35. The van der Waals surface area contributed by atoms with Crippen LogP contribution in [0.5, 0.6) is 0 Å². The number of nitrogens with zero attached hydrogens (tertiary/aromatic N) is 1. The van der Waals surface area contributed by atoms with Crippen LogP contribution in [0.4, 0.5) is 0 Å². The summed E-state index contributed by atoms with van der Waals surface area (Å²) >= 11 is 0. The number of hydrogen-bond donors (Lipinski definition) is 1. The van der Waals surface area contributed by atoms with Crippen molar-refractivity contribution in [2.24, 2.45) is 11.1 Å². The van der Waals surface area contributed by atoms with Crippen LogP contribution in [-0.2, 0) is 4.79 Å². The minimum atomic E-state index is -0.106. The first-order chi connectivity index (χ1) is 9.10. The summed E-state index contributed by atoms with van der Waals surface area (Å²) in [5.41, 5.74) is 7.40. The van der Waals surface area contributed by atoms with Crippen LogP contribution in [0.2, 0.25) is 0 Å². The smallest absolute Gasteiger partial charge is 0.228 e. The lowest BCUT2D eigenvalue weighted by Gasteiger charge is -2.39. The number of rotatable bonds is 2. The molecule has 1 aromatic carbocycles. The van der Waals surface area contributed by atoms with Crippen LogP contribution in [0.25, 0.3) is 0 Å². The molecule has 0 spiro atoms. The molecule has 3 nitrogen and oxygen atoms in total. The number of carbonyl (C=O) groups is 1. The summed E-state index contributed by atoms with van der Waals surface area (Å²) in [6.45, 7) is 3.58. The van der Waals surface area contributed by atoms with Crippen molar-refractivity contribution in [3.05, 3.63) is 35.9 Å². The Morgan fingerprint density at radius 3 is 2.53 bits per heavy atom. The number of benzene rings is 1. The quantitative estimate of drug-likeness (QED) is 0.883. The third-order valence-corrected chi connectivity index (χ3v) is 4.85. The highest BCUT2D eigenvalue weighted by molar-refractivity contribution is 5.83. The molecule has 1 heterocycles. The molecule has 1 aliphatic heterocycles. The fraction of sp³-hybridized carbons (Fsp3) is 0.562. The molecule has 0 unspecified atom stereocenters. The van der Waals surface area contributed by atoms with E-state index in [2.05, 4.69) is 19.1 Å². The van der Waals surface area contributed by atoms with E-state index in [0.29, 0.717) is 12.5 Å². The maximum atomic E-state index is 12.5. The van der Waals surface area contributed by atoms with Crippen LogP contribution in [0.15, 0.2) is 30.3 Å². The first kappa shape index (κ1) is 12.7. The Balaban J connectivity index is 1.73. The van der Waals surface area contributed by atoms with Crippen molar-refractivity contribution in [1.82, 2.24) is 4.90 Å². The van der Waals surface area contributed by atoms with Gasteiger partial charge in [-0.15, -0.1) is 0 Å². The van der Waals surface area contributed by atoms with E-state index in [1.807, 2.05) is 23.1 Å². The van der Waals surface area contributed by atoms with E-state index in [1.165, 1.54) is 12.0 Å². The average Bonchev–Trinajstić information content (AvgIpc) is 2.78. The molecule has 2 N–H and O–H groups in total. The highest BCUT2D eigenvalue weighted by Crippen LogP contribution is 2.43. The highest BCUT2D eigenvalue weighted by Gasteiger charge is 2.45. The summed E-state index contributed by atoms with van der Waals surface area (Å²) in [6, 6.07) is 10.4. The van der Waals surface area contributed by atoms with Crippen molar-refractivity contribution in [3.63, 3.8) is 0 Å². The molecule has 2 fully saturated rings. The number of likely N-dealkylation sites (tertiary alicyclic amines) is 1. The van der Waals surface area contributed by atoms with Gasteiger partial charge in [-0.25, -0.2) is 0 Å². The summed E-state index contributed by atoms with van der Waals surface area (Å²) in [6.07, 6.45) is 3.26. The molecule has 102 valence electrons. The molecule has 3 heteroatoms. The van der Waals surface area contributed by atoms with Gasteiger partial charge in [0.25, 0.3) is 0 Å². The summed E-state index contributed by atoms with van der Waals surface area (Å²) in [5.74, 6) is 0.599. The number of amides is 1. The minimum absolute atomic E-state index is 0.0648. The van der Waals surface area contributed by atoms with E-state index in [1.54, 1.807) is 0 Å². The van der Waals surface area contributed by atoms with E-state index in [-0.39, 0.29) is 17.4 Å². The van der Waals surface area contributed by atoms with Gasteiger partial charge in [0, 0.05) is 30.5 Å². The number of nitrogens with two attached hydrogens (primary N) is 1.